The minimum Gasteiger partial charge on any atom is -0.373 e. The lowest BCUT2D eigenvalue weighted by Gasteiger charge is -2.10. The van der Waals surface area contributed by atoms with Crippen LogP contribution in [0.25, 0.3) is 11.3 Å². The van der Waals surface area contributed by atoms with Gasteiger partial charge in [0, 0.05) is 18.7 Å². The quantitative estimate of drug-likeness (QED) is 0.856. The highest BCUT2D eigenvalue weighted by Gasteiger charge is 2.35. The second-order valence-corrected chi connectivity index (χ2v) is 4.17. The number of hydrogen-bond donors (Lipinski definition) is 1. The Morgan fingerprint density at radius 1 is 1.10 bits per heavy atom. The Labute approximate surface area is 112 Å². The van der Waals surface area contributed by atoms with Gasteiger partial charge in [0.05, 0.1) is 5.69 Å². The van der Waals surface area contributed by atoms with Crippen LogP contribution in [0.1, 0.15) is 11.4 Å². The maximum atomic E-state index is 13.2. The van der Waals surface area contributed by atoms with E-state index in [0.29, 0.717) is 11.1 Å². The summed E-state index contributed by atoms with van der Waals surface area (Å²) in [5.74, 6) is -1.61. The van der Waals surface area contributed by atoms with E-state index in [4.69, 9.17) is 0 Å². The average Bonchev–Trinajstić information content (AvgIpc) is 2.40. The zero-order chi connectivity index (χ0) is 14.9. The number of aromatic nitrogens is 2. The fraction of sp³-hybridized carbons (Fsp3) is 0.231. The van der Waals surface area contributed by atoms with Crippen molar-refractivity contribution < 1.29 is 17.6 Å². The molecule has 7 heteroatoms. The van der Waals surface area contributed by atoms with Gasteiger partial charge in [0.15, 0.2) is 0 Å². The van der Waals surface area contributed by atoms with Gasteiger partial charge < -0.3 is 5.32 Å². The third-order valence-electron chi connectivity index (χ3n) is 2.69. The number of nitrogens with zero attached hydrogens (tertiary/aromatic N) is 2. The van der Waals surface area contributed by atoms with Crippen LogP contribution in [0, 0.1) is 12.7 Å². The summed E-state index contributed by atoms with van der Waals surface area (Å²) in [7, 11) is 1.46. The molecule has 0 amide bonds. The van der Waals surface area contributed by atoms with Crippen molar-refractivity contribution in [2.24, 2.45) is 0 Å². The Bertz CT molecular complexity index is 638. The monoisotopic (exact) mass is 285 g/mol. The minimum absolute atomic E-state index is 0.0457. The molecule has 1 aromatic heterocycles. The molecule has 0 aliphatic carbocycles. The van der Waals surface area contributed by atoms with E-state index in [1.54, 1.807) is 0 Å². The van der Waals surface area contributed by atoms with Gasteiger partial charge in [-0.15, -0.1) is 0 Å². The predicted octanol–water partition coefficient (Wildman–Crippen LogP) is 3.65. The van der Waals surface area contributed by atoms with Gasteiger partial charge in [0.1, 0.15) is 11.6 Å². The van der Waals surface area contributed by atoms with E-state index in [1.165, 1.54) is 38.2 Å². The van der Waals surface area contributed by atoms with E-state index in [1.807, 2.05) is 0 Å². The molecule has 0 aliphatic rings. The number of halogens is 4. The van der Waals surface area contributed by atoms with E-state index < -0.39 is 17.8 Å². The summed E-state index contributed by atoms with van der Waals surface area (Å²) < 4.78 is 51.4. The Kier molecular flexibility index (Phi) is 3.61. The molecule has 0 atom stereocenters. The SMILES string of the molecule is CNc1cc(-c2ccc(F)c(C)c2)nc(C(F)(F)F)n1. The number of alkyl halides is 3. The van der Waals surface area contributed by atoms with Gasteiger partial charge in [-0.3, -0.25) is 0 Å². The molecular formula is C13H11F4N3. The smallest absolute Gasteiger partial charge is 0.373 e. The summed E-state index contributed by atoms with van der Waals surface area (Å²) in [6.07, 6.45) is -4.64. The Hall–Kier alpha value is -2.18. The summed E-state index contributed by atoms with van der Waals surface area (Å²) in [4.78, 5) is 6.86. The first kappa shape index (κ1) is 14.2. The van der Waals surface area contributed by atoms with Crippen molar-refractivity contribution in [3.8, 4) is 11.3 Å². The summed E-state index contributed by atoms with van der Waals surface area (Å²) in [5, 5.41) is 2.55. The normalized spacial score (nSPS) is 11.5. The Morgan fingerprint density at radius 2 is 1.80 bits per heavy atom. The molecule has 1 aromatic carbocycles. The first-order chi connectivity index (χ1) is 9.31. The van der Waals surface area contributed by atoms with Crippen LogP contribution in [0.2, 0.25) is 0 Å². The van der Waals surface area contributed by atoms with Gasteiger partial charge in [-0.2, -0.15) is 13.2 Å². The van der Waals surface area contributed by atoms with Gasteiger partial charge in [-0.25, -0.2) is 14.4 Å². The van der Waals surface area contributed by atoms with Crippen LogP contribution in [0.4, 0.5) is 23.4 Å². The lowest BCUT2D eigenvalue weighted by atomic mass is 10.1. The van der Waals surface area contributed by atoms with Crippen LogP contribution in [0.15, 0.2) is 24.3 Å². The number of hydrogen-bond acceptors (Lipinski definition) is 3. The van der Waals surface area contributed by atoms with Crippen LogP contribution >= 0.6 is 0 Å². The minimum atomic E-state index is -4.64. The molecule has 0 aliphatic heterocycles. The zero-order valence-corrected chi connectivity index (χ0v) is 10.7. The van der Waals surface area contributed by atoms with Crippen LogP contribution in [0.3, 0.4) is 0 Å². The van der Waals surface area contributed by atoms with E-state index >= 15 is 0 Å². The maximum Gasteiger partial charge on any atom is 0.451 e. The Balaban J connectivity index is 2.58. The highest BCUT2D eigenvalue weighted by molar-refractivity contribution is 5.63. The summed E-state index contributed by atoms with van der Waals surface area (Å²) in [6, 6.07) is 5.39. The molecule has 2 aromatic rings. The lowest BCUT2D eigenvalue weighted by molar-refractivity contribution is -0.144. The summed E-state index contributed by atoms with van der Waals surface area (Å²) in [5.41, 5.74) is 0.814. The van der Waals surface area contributed by atoms with Crippen molar-refractivity contribution in [1.82, 2.24) is 9.97 Å². The van der Waals surface area contributed by atoms with E-state index in [-0.39, 0.29) is 11.5 Å². The first-order valence-corrected chi connectivity index (χ1v) is 5.72. The molecule has 0 spiro atoms. The molecule has 0 bridgehead atoms. The molecular weight excluding hydrogens is 274 g/mol. The van der Waals surface area contributed by atoms with Gasteiger partial charge in [-0.1, -0.05) is 0 Å². The van der Waals surface area contributed by atoms with Gasteiger partial charge in [0.25, 0.3) is 0 Å². The van der Waals surface area contributed by atoms with Crippen molar-refractivity contribution in [2.75, 3.05) is 12.4 Å². The number of aryl methyl sites for hydroxylation is 1. The maximum absolute atomic E-state index is 13.2. The number of nitrogens with one attached hydrogen (secondary N) is 1. The highest BCUT2D eigenvalue weighted by atomic mass is 19.4. The topological polar surface area (TPSA) is 37.8 Å². The standard InChI is InChI=1S/C13H11F4N3/c1-7-5-8(3-4-9(7)14)10-6-11(18-2)20-12(19-10)13(15,16)17/h3-6H,1-2H3,(H,18,19,20). The molecule has 1 heterocycles. The fourth-order valence-corrected chi connectivity index (χ4v) is 1.65. The number of rotatable bonds is 2. The van der Waals surface area contributed by atoms with Crippen molar-refractivity contribution in [1.29, 1.82) is 0 Å². The molecule has 0 radical (unpaired) electrons. The third kappa shape index (κ3) is 2.87. The fourth-order valence-electron chi connectivity index (χ4n) is 1.65. The second kappa shape index (κ2) is 5.07. The lowest BCUT2D eigenvalue weighted by Crippen LogP contribution is -2.13. The van der Waals surface area contributed by atoms with Crippen LogP contribution in [-0.4, -0.2) is 17.0 Å². The van der Waals surface area contributed by atoms with Crippen molar-refractivity contribution >= 4 is 5.82 Å². The zero-order valence-electron chi connectivity index (χ0n) is 10.7. The molecule has 0 saturated heterocycles. The van der Waals surface area contributed by atoms with Gasteiger partial charge in [0.2, 0.25) is 5.82 Å². The molecule has 3 nitrogen and oxygen atoms in total. The Morgan fingerprint density at radius 3 is 2.35 bits per heavy atom. The average molecular weight is 285 g/mol. The van der Waals surface area contributed by atoms with Gasteiger partial charge >= 0.3 is 6.18 Å². The summed E-state index contributed by atoms with van der Waals surface area (Å²) >= 11 is 0. The molecule has 20 heavy (non-hydrogen) atoms. The number of benzene rings is 1. The van der Waals surface area contributed by atoms with E-state index in [0.717, 1.165) is 0 Å². The number of anilines is 1. The van der Waals surface area contributed by atoms with Crippen LogP contribution in [0.5, 0.6) is 0 Å². The molecule has 1 N–H and O–H groups in total. The second-order valence-electron chi connectivity index (χ2n) is 4.17. The van der Waals surface area contributed by atoms with Crippen molar-refractivity contribution in [3.05, 3.63) is 41.5 Å². The van der Waals surface area contributed by atoms with Gasteiger partial charge in [-0.05, 0) is 30.7 Å². The molecule has 2 rings (SSSR count). The van der Waals surface area contributed by atoms with E-state index in [2.05, 4.69) is 15.3 Å². The first-order valence-electron chi connectivity index (χ1n) is 5.72. The molecule has 0 saturated carbocycles. The van der Waals surface area contributed by atoms with Crippen LogP contribution in [-0.2, 0) is 6.18 Å². The van der Waals surface area contributed by atoms with Crippen LogP contribution < -0.4 is 5.32 Å². The summed E-state index contributed by atoms with van der Waals surface area (Å²) in [6.45, 7) is 1.53. The van der Waals surface area contributed by atoms with Crippen molar-refractivity contribution in [2.45, 2.75) is 13.1 Å². The molecule has 106 valence electrons. The molecule has 0 unspecified atom stereocenters. The largest absolute Gasteiger partial charge is 0.451 e. The highest BCUT2D eigenvalue weighted by Crippen LogP contribution is 2.30. The molecule has 0 fully saturated rings. The predicted molar refractivity (Wildman–Crippen MR) is 66.7 cm³/mol. The third-order valence-corrected chi connectivity index (χ3v) is 2.69. The van der Waals surface area contributed by atoms with E-state index in [9.17, 15) is 17.6 Å². The van der Waals surface area contributed by atoms with Crippen molar-refractivity contribution in [3.63, 3.8) is 0 Å².